The number of aryl methyl sites for hydroxylation is 1. The molecule has 0 saturated heterocycles. The Labute approximate surface area is 141 Å². The average Bonchev–Trinajstić information content (AvgIpc) is 2.56. The molecular formula is C19H20N2O3. The quantitative estimate of drug-likeness (QED) is 0.818. The summed E-state index contributed by atoms with van der Waals surface area (Å²) in [6, 6.07) is 14.1. The van der Waals surface area contributed by atoms with Gasteiger partial charge in [-0.05, 0) is 49.8 Å². The van der Waals surface area contributed by atoms with E-state index in [0.29, 0.717) is 17.9 Å². The highest BCUT2D eigenvalue weighted by molar-refractivity contribution is 5.92. The van der Waals surface area contributed by atoms with E-state index in [4.69, 9.17) is 4.74 Å². The normalized spacial score (nSPS) is 10.4. The van der Waals surface area contributed by atoms with E-state index in [9.17, 15) is 9.59 Å². The fourth-order valence-corrected chi connectivity index (χ4v) is 2.06. The largest absolute Gasteiger partial charge is 0.462 e. The SMILES string of the molecule is CCOC(=O)c1ccc(NC(=O)N/C=C/c2cccc(C)c2)cc1. The van der Waals surface area contributed by atoms with Crippen LogP contribution in [0.25, 0.3) is 6.08 Å². The molecule has 0 aliphatic rings. The molecule has 2 amide bonds. The third-order valence-corrected chi connectivity index (χ3v) is 3.19. The van der Waals surface area contributed by atoms with Gasteiger partial charge in [0.05, 0.1) is 12.2 Å². The van der Waals surface area contributed by atoms with Gasteiger partial charge in [-0.15, -0.1) is 0 Å². The van der Waals surface area contributed by atoms with Crippen LogP contribution in [0, 0.1) is 6.92 Å². The summed E-state index contributed by atoms with van der Waals surface area (Å²) in [6.07, 6.45) is 3.40. The number of hydrogen-bond acceptors (Lipinski definition) is 3. The third kappa shape index (κ3) is 5.28. The number of urea groups is 1. The van der Waals surface area contributed by atoms with Crippen LogP contribution in [-0.2, 0) is 4.74 Å². The second kappa shape index (κ2) is 8.53. The topological polar surface area (TPSA) is 67.4 Å². The third-order valence-electron chi connectivity index (χ3n) is 3.19. The first-order valence-corrected chi connectivity index (χ1v) is 7.66. The molecule has 24 heavy (non-hydrogen) atoms. The maximum atomic E-state index is 11.8. The highest BCUT2D eigenvalue weighted by Gasteiger charge is 2.06. The Morgan fingerprint density at radius 1 is 1.12 bits per heavy atom. The van der Waals surface area contributed by atoms with Gasteiger partial charge in [0.15, 0.2) is 0 Å². The molecule has 124 valence electrons. The molecule has 0 fully saturated rings. The van der Waals surface area contributed by atoms with Crippen LogP contribution in [-0.4, -0.2) is 18.6 Å². The number of esters is 1. The molecular weight excluding hydrogens is 304 g/mol. The van der Waals surface area contributed by atoms with Crippen molar-refractivity contribution in [1.29, 1.82) is 0 Å². The second-order valence-corrected chi connectivity index (χ2v) is 5.14. The summed E-state index contributed by atoms with van der Waals surface area (Å²) in [7, 11) is 0. The van der Waals surface area contributed by atoms with Crippen molar-refractivity contribution in [1.82, 2.24) is 5.32 Å². The fraction of sp³-hybridized carbons (Fsp3) is 0.158. The molecule has 0 heterocycles. The Hall–Kier alpha value is -3.08. The first-order valence-electron chi connectivity index (χ1n) is 7.66. The minimum absolute atomic E-state index is 0.328. The van der Waals surface area contributed by atoms with E-state index < -0.39 is 0 Å². The first-order chi connectivity index (χ1) is 11.6. The summed E-state index contributed by atoms with van der Waals surface area (Å²) in [4.78, 5) is 23.4. The van der Waals surface area contributed by atoms with E-state index in [2.05, 4.69) is 10.6 Å². The van der Waals surface area contributed by atoms with Gasteiger partial charge >= 0.3 is 12.0 Å². The summed E-state index contributed by atoms with van der Waals surface area (Å²) >= 11 is 0. The van der Waals surface area contributed by atoms with E-state index in [1.165, 1.54) is 0 Å². The van der Waals surface area contributed by atoms with E-state index >= 15 is 0 Å². The zero-order chi connectivity index (χ0) is 17.4. The lowest BCUT2D eigenvalue weighted by atomic mass is 10.1. The number of carbonyl (C=O) groups excluding carboxylic acids is 2. The first kappa shape index (κ1) is 17.3. The van der Waals surface area contributed by atoms with Crippen molar-refractivity contribution in [3.05, 3.63) is 71.4 Å². The van der Waals surface area contributed by atoms with Crippen molar-refractivity contribution in [2.24, 2.45) is 0 Å². The van der Waals surface area contributed by atoms with Crippen LogP contribution in [0.1, 0.15) is 28.4 Å². The highest BCUT2D eigenvalue weighted by Crippen LogP contribution is 2.10. The molecule has 0 aliphatic heterocycles. The molecule has 0 bridgehead atoms. The van der Waals surface area contributed by atoms with Crippen molar-refractivity contribution in [3.63, 3.8) is 0 Å². The number of anilines is 1. The predicted octanol–water partition coefficient (Wildman–Crippen LogP) is 3.96. The molecule has 2 rings (SSSR count). The van der Waals surface area contributed by atoms with E-state index in [0.717, 1.165) is 11.1 Å². The smallest absolute Gasteiger partial charge is 0.338 e. The maximum Gasteiger partial charge on any atom is 0.338 e. The van der Waals surface area contributed by atoms with Gasteiger partial charge in [0.25, 0.3) is 0 Å². The number of nitrogens with one attached hydrogen (secondary N) is 2. The Bertz CT molecular complexity index is 737. The van der Waals surface area contributed by atoms with Crippen LogP contribution in [0.4, 0.5) is 10.5 Å². The lowest BCUT2D eigenvalue weighted by Gasteiger charge is -2.06. The monoisotopic (exact) mass is 324 g/mol. The molecule has 5 nitrogen and oxygen atoms in total. The number of amides is 2. The number of carbonyl (C=O) groups is 2. The molecule has 0 atom stereocenters. The van der Waals surface area contributed by atoms with Crippen molar-refractivity contribution in [2.45, 2.75) is 13.8 Å². The van der Waals surface area contributed by atoms with Crippen LogP contribution >= 0.6 is 0 Å². The van der Waals surface area contributed by atoms with Gasteiger partial charge in [-0.1, -0.05) is 29.8 Å². The van der Waals surface area contributed by atoms with Gasteiger partial charge in [-0.2, -0.15) is 0 Å². The lowest BCUT2D eigenvalue weighted by molar-refractivity contribution is 0.0526. The van der Waals surface area contributed by atoms with Gasteiger partial charge in [0.1, 0.15) is 0 Å². The molecule has 0 aliphatic carbocycles. The van der Waals surface area contributed by atoms with Crippen LogP contribution in [0.5, 0.6) is 0 Å². The summed E-state index contributed by atoms with van der Waals surface area (Å²) in [5, 5.41) is 5.32. The van der Waals surface area contributed by atoms with E-state index in [-0.39, 0.29) is 12.0 Å². The summed E-state index contributed by atoms with van der Waals surface area (Å²) in [5.41, 5.74) is 3.20. The average molecular weight is 324 g/mol. The van der Waals surface area contributed by atoms with E-state index in [1.54, 1.807) is 37.4 Å². The fourth-order valence-electron chi connectivity index (χ4n) is 2.06. The molecule has 2 aromatic carbocycles. The Balaban J connectivity index is 1.87. The standard InChI is InChI=1S/C19H20N2O3/c1-3-24-18(22)16-7-9-17(10-8-16)21-19(23)20-12-11-15-6-4-5-14(2)13-15/h4-13H,3H2,1-2H3,(H2,20,21,23)/b12-11+. The molecule has 5 heteroatoms. The molecule has 0 unspecified atom stereocenters. The molecule has 2 N–H and O–H groups in total. The minimum Gasteiger partial charge on any atom is -0.462 e. The van der Waals surface area contributed by atoms with Gasteiger partial charge in [0.2, 0.25) is 0 Å². The van der Waals surface area contributed by atoms with Crippen LogP contribution in [0.3, 0.4) is 0 Å². The van der Waals surface area contributed by atoms with Crippen molar-refractivity contribution in [3.8, 4) is 0 Å². The van der Waals surface area contributed by atoms with Crippen LogP contribution < -0.4 is 10.6 Å². The van der Waals surface area contributed by atoms with Crippen LogP contribution in [0.2, 0.25) is 0 Å². The van der Waals surface area contributed by atoms with E-state index in [1.807, 2.05) is 37.3 Å². The minimum atomic E-state index is -0.380. The van der Waals surface area contributed by atoms with Crippen LogP contribution in [0.15, 0.2) is 54.7 Å². The summed E-state index contributed by atoms with van der Waals surface area (Å²) in [6.45, 7) is 4.09. The van der Waals surface area contributed by atoms with Crippen molar-refractivity contribution < 1.29 is 14.3 Å². The van der Waals surface area contributed by atoms with Gasteiger partial charge in [-0.3, -0.25) is 0 Å². The molecule has 0 saturated carbocycles. The summed E-state index contributed by atoms with van der Waals surface area (Å²) < 4.78 is 4.90. The van der Waals surface area contributed by atoms with Crippen molar-refractivity contribution in [2.75, 3.05) is 11.9 Å². The number of benzene rings is 2. The Morgan fingerprint density at radius 3 is 2.54 bits per heavy atom. The van der Waals surface area contributed by atoms with Crippen molar-refractivity contribution >= 4 is 23.8 Å². The lowest BCUT2D eigenvalue weighted by Crippen LogP contribution is -2.23. The Kier molecular flexibility index (Phi) is 6.14. The number of hydrogen-bond donors (Lipinski definition) is 2. The zero-order valence-corrected chi connectivity index (χ0v) is 13.7. The molecule has 0 radical (unpaired) electrons. The highest BCUT2D eigenvalue weighted by atomic mass is 16.5. The molecule has 0 aromatic heterocycles. The number of rotatable bonds is 5. The van der Waals surface area contributed by atoms with Gasteiger partial charge in [0, 0.05) is 11.9 Å². The maximum absolute atomic E-state index is 11.8. The zero-order valence-electron chi connectivity index (χ0n) is 13.7. The predicted molar refractivity (Wildman–Crippen MR) is 94.8 cm³/mol. The second-order valence-electron chi connectivity index (χ2n) is 5.14. The summed E-state index contributed by atoms with van der Waals surface area (Å²) in [5.74, 6) is -0.380. The van der Waals surface area contributed by atoms with Gasteiger partial charge < -0.3 is 15.4 Å². The number of ether oxygens (including phenoxy) is 1. The van der Waals surface area contributed by atoms with Gasteiger partial charge in [-0.25, -0.2) is 9.59 Å². The molecule has 2 aromatic rings. The Morgan fingerprint density at radius 2 is 1.88 bits per heavy atom. The molecule has 0 spiro atoms.